The molecule has 0 spiro atoms. The van der Waals surface area contributed by atoms with E-state index in [1.54, 1.807) is 11.9 Å². The third-order valence-electron chi connectivity index (χ3n) is 4.58. The minimum absolute atomic E-state index is 0.135. The normalized spacial score (nSPS) is 11.6. The molecule has 0 fully saturated rings. The Morgan fingerprint density at radius 1 is 1.11 bits per heavy atom. The van der Waals surface area contributed by atoms with Gasteiger partial charge in [0.05, 0.1) is 4.47 Å². The van der Waals surface area contributed by atoms with Crippen LogP contribution < -0.4 is 10.1 Å². The largest absolute Gasteiger partial charge is 0.483 e. The van der Waals surface area contributed by atoms with Crippen LogP contribution in [0.15, 0.2) is 53.0 Å². The Morgan fingerprint density at radius 2 is 1.82 bits per heavy atom. The number of aryl methyl sites for hydroxylation is 1. The summed E-state index contributed by atoms with van der Waals surface area (Å²) in [6.45, 7) is 4.19. The van der Waals surface area contributed by atoms with Crippen molar-refractivity contribution in [2.24, 2.45) is 0 Å². The Bertz CT molecular complexity index is 796. The molecule has 1 N–H and O–H groups in total. The molecule has 2 aromatic rings. The van der Waals surface area contributed by atoms with E-state index in [-0.39, 0.29) is 18.4 Å². The zero-order valence-electron chi connectivity index (χ0n) is 16.6. The highest BCUT2D eigenvalue weighted by molar-refractivity contribution is 9.10. The van der Waals surface area contributed by atoms with Gasteiger partial charge in [-0.1, -0.05) is 50.2 Å². The Morgan fingerprint density at radius 3 is 2.39 bits per heavy atom. The Labute approximate surface area is 175 Å². The van der Waals surface area contributed by atoms with Crippen LogP contribution in [-0.4, -0.2) is 36.4 Å². The first-order valence-electron chi connectivity index (χ1n) is 9.46. The number of nitrogens with one attached hydrogen (secondary N) is 1. The van der Waals surface area contributed by atoms with Gasteiger partial charge in [-0.05, 0) is 52.0 Å². The molecule has 2 rings (SSSR count). The van der Waals surface area contributed by atoms with E-state index in [0.29, 0.717) is 18.7 Å². The molecular weight excluding hydrogens is 420 g/mol. The van der Waals surface area contributed by atoms with Crippen LogP contribution in [0.5, 0.6) is 5.75 Å². The zero-order chi connectivity index (χ0) is 20.5. The molecule has 0 saturated carbocycles. The fourth-order valence-electron chi connectivity index (χ4n) is 2.97. The number of rotatable bonds is 9. The molecule has 0 aliphatic heterocycles. The van der Waals surface area contributed by atoms with E-state index in [0.717, 1.165) is 16.5 Å². The molecule has 0 radical (unpaired) electrons. The van der Waals surface area contributed by atoms with Gasteiger partial charge in [0.1, 0.15) is 11.8 Å². The predicted molar refractivity (Wildman–Crippen MR) is 114 cm³/mol. The summed E-state index contributed by atoms with van der Waals surface area (Å²) in [5, 5.41) is 2.65. The summed E-state index contributed by atoms with van der Waals surface area (Å²) >= 11 is 3.49. The van der Waals surface area contributed by atoms with Gasteiger partial charge >= 0.3 is 0 Å². The lowest BCUT2D eigenvalue weighted by molar-refractivity contribution is -0.142. The van der Waals surface area contributed by atoms with Gasteiger partial charge < -0.3 is 15.0 Å². The fourth-order valence-corrected chi connectivity index (χ4v) is 3.51. The summed E-state index contributed by atoms with van der Waals surface area (Å²) < 4.78 is 6.57. The molecule has 1 unspecified atom stereocenters. The van der Waals surface area contributed by atoms with Crippen molar-refractivity contribution in [1.29, 1.82) is 0 Å². The van der Waals surface area contributed by atoms with E-state index < -0.39 is 6.04 Å². The van der Waals surface area contributed by atoms with Gasteiger partial charge in [0.15, 0.2) is 6.61 Å². The molecule has 2 aromatic carbocycles. The van der Waals surface area contributed by atoms with Crippen LogP contribution in [0.25, 0.3) is 0 Å². The smallest absolute Gasteiger partial charge is 0.261 e. The van der Waals surface area contributed by atoms with Gasteiger partial charge in [-0.3, -0.25) is 9.59 Å². The average Bonchev–Trinajstić information content (AvgIpc) is 2.72. The predicted octanol–water partition coefficient (Wildman–Crippen LogP) is 3.94. The summed E-state index contributed by atoms with van der Waals surface area (Å²) in [4.78, 5) is 26.9. The number of benzene rings is 2. The van der Waals surface area contributed by atoms with E-state index in [4.69, 9.17) is 4.74 Å². The van der Waals surface area contributed by atoms with Crippen molar-refractivity contribution in [3.8, 4) is 5.75 Å². The maximum Gasteiger partial charge on any atom is 0.261 e. The second-order valence-electron chi connectivity index (χ2n) is 6.45. The molecule has 0 aromatic heterocycles. The lowest BCUT2D eigenvalue weighted by Gasteiger charge is -2.30. The minimum Gasteiger partial charge on any atom is -0.483 e. The van der Waals surface area contributed by atoms with E-state index in [1.807, 2.05) is 55.5 Å². The second-order valence-corrected chi connectivity index (χ2v) is 7.31. The van der Waals surface area contributed by atoms with Crippen molar-refractivity contribution in [3.63, 3.8) is 0 Å². The van der Waals surface area contributed by atoms with Crippen molar-refractivity contribution < 1.29 is 14.3 Å². The number of likely N-dealkylation sites (N-methyl/N-ethyl adjacent to an activating group) is 1. The first kappa shape index (κ1) is 22.0. The highest BCUT2D eigenvalue weighted by Gasteiger charge is 2.28. The highest BCUT2D eigenvalue weighted by Crippen LogP contribution is 2.26. The number of nitrogens with zero attached hydrogens (tertiary/aromatic N) is 1. The lowest BCUT2D eigenvalue weighted by atomic mass is 10.1. The number of ether oxygens (including phenoxy) is 1. The molecule has 0 bridgehead atoms. The third-order valence-corrected chi connectivity index (χ3v) is 5.20. The number of amides is 2. The van der Waals surface area contributed by atoms with Gasteiger partial charge in [-0.25, -0.2) is 0 Å². The van der Waals surface area contributed by atoms with Crippen LogP contribution >= 0.6 is 15.9 Å². The van der Waals surface area contributed by atoms with E-state index in [2.05, 4.69) is 28.2 Å². The molecule has 1 atom stereocenters. The summed E-state index contributed by atoms with van der Waals surface area (Å²) in [7, 11) is 1.58. The molecule has 5 nitrogen and oxygen atoms in total. The quantitative estimate of drug-likeness (QED) is 0.634. The Balaban J connectivity index is 2.16. The monoisotopic (exact) mass is 446 g/mol. The molecule has 2 amide bonds. The maximum absolute atomic E-state index is 13.0. The average molecular weight is 447 g/mol. The lowest BCUT2D eigenvalue weighted by Crippen LogP contribution is -2.49. The molecule has 0 aliphatic carbocycles. The first-order valence-corrected chi connectivity index (χ1v) is 10.3. The summed E-state index contributed by atoms with van der Waals surface area (Å²) in [6, 6.07) is 14.9. The topological polar surface area (TPSA) is 58.6 Å². The van der Waals surface area contributed by atoms with E-state index in [1.165, 1.54) is 5.56 Å². The van der Waals surface area contributed by atoms with Crippen molar-refractivity contribution >= 4 is 27.7 Å². The van der Waals surface area contributed by atoms with Crippen molar-refractivity contribution in [2.75, 3.05) is 13.7 Å². The highest BCUT2D eigenvalue weighted by atomic mass is 79.9. The number of hydrogen-bond donors (Lipinski definition) is 1. The van der Waals surface area contributed by atoms with Crippen molar-refractivity contribution in [3.05, 3.63) is 64.1 Å². The van der Waals surface area contributed by atoms with Gasteiger partial charge in [-0.2, -0.15) is 0 Å². The molecular formula is C22H27BrN2O3. The molecule has 28 heavy (non-hydrogen) atoms. The third kappa shape index (κ3) is 5.83. The van der Waals surface area contributed by atoms with Crippen LogP contribution in [0.1, 0.15) is 31.4 Å². The molecule has 0 aliphatic rings. The molecule has 6 heteroatoms. The fraction of sp³-hybridized carbons (Fsp3) is 0.364. The van der Waals surface area contributed by atoms with Crippen LogP contribution in [0.3, 0.4) is 0 Å². The minimum atomic E-state index is -0.549. The second kappa shape index (κ2) is 10.9. The van der Waals surface area contributed by atoms with Crippen LogP contribution in [0, 0.1) is 0 Å². The standard InChI is InChI=1S/C22H27BrN2O3/c1-4-16-11-12-20(18(23)13-16)28-15-21(26)25(19(5-2)22(27)24-3)14-17-9-7-6-8-10-17/h6-13,19H,4-5,14-15H2,1-3H3,(H,24,27). The number of carbonyl (C=O) groups excluding carboxylic acids is 2. The number of hydrogen-bond acceptors (Lipinski definition) is 3. The number of carbonyl (C=O) groups is 2. The van der Waals surface area contributed by atoms with Crippen LogP contribution in [0.2, 0.25) is 0 Å². The molecule has 0 saturated heterocycles. The zero-order valence-corrected chi connectivity index (χ0v) is 18.2. The van der Waals surface area contributed by atoms with Gasteiger partial charge in [0, 0.05) is 13.6 Å². The van der Waals surface area contributed by atoms with Crippen LogP contribution in [0.4, 0.5) is 0 Å². The van der Waals surface area contributed by atoms with Gasteiger partial charge in [-0.15, -0.1) is 0 Å². The van der Waals surface area contributed by atoms with Gasteiger partial charge in [0.25, 0.3) is 5.91 Å². The van der Waals surface area contributed by atoms with Crippen molar-refractivity contribution in [2.45, 2.75) is 39.3 Å². The first-order chi connectivity index (χ1) is 13.5. The number of halogens is 1. The summed E-state index contributed by atoms with van der Waals surface area (Å²) in [5.74, 6) is 0.198. The maximum atomic E-state index is 13.0. The molecule has 150 valence electrons. The summed E-state index contributed by atoms with van der Waals surface area (Å²) in [6.07, 6.45) is 1.44. The van der Waals surface area contributed by atoms with Gasteiger partial charge in [0.2, 0.25) is 5.91 Å². The van der Waals surface area contributed by atoms with E-state index >= 15 is 0 Å². The SMILES string of the molecule is CCc1ccc(OCC(=O)N(Cc2ccccc2)C(CC)C(=O)NC)c(Br)c1. The molecule has 0 heterocycles. The Kier molecular flexibility index (Phi) is 8.51. The Hall–Kier alpha value is -2.34. The van der Waals surface area contributed by atoms with E-state index in [9.17, 15) is 9.59 Å². The van der Waals surface area contributed by atoms with Crippen LogP contribution in [-0.2, 0) is 22.6 Å². The summed E-state index contributed by atoms with van der Waals surface area (Å²) in [5.41, 5.74) is 2.15. The van der Waals surface area contributed by atoms with Crippen molar-refractivity contribution in [1.82, 2.24) is 10.2 Å².